The molecule has 0 bridgehead atoms. The van der Waals surface area contributed by atoms with Crippen molar-refractivity contribution in [3.63, 3.8) is 0 Å². The van der Waals surface area contributed by atoms with Crippen LogP contribution in [0.25, 0.3) is 0 Å². The Hall–Kier alpha value is -2.94. The van der Waals surface area contributed by atoms with Crippen LogP contribution in [-0.4, -0.2) is 42.8 Å². The second-order valence-corrected chi connectivity index (χ2v) is 7.52. The minimum absolute atomic E-state index is 0.00777. The molecular formula is C19H23NO7S. The van der Waals surface area contributed by atoms with Crippen molar-refractivity contribution in [2.75, 3.05) is 33.2 Å². The third-order valence-electron chi connectivity index (χ3n) is 4.37. The summed E-state index contributed by atoms with van der Waals surface area (Å²) < 4.78 is 48.8. The van der Waals surface area contributed by atoms with Gasteiger partial charge in [0.1, 0.15) is 5.75 Å². The van der Waals surface area contributed by atoms with E-state index in [0.717, 1.165) is 0 Å². The van der Waals surface area contributed by atoms with Gasteiger partial charge in [0.25, 0.3) is 10.0 Å². The normalized spacial score (nSPS) is 10.9. The molecule has 0 aliphatic heterocycles. The predicted molar refractivity (Wildman–Crippen MR) is 104 cm³/mol. The van der Waals surface area contributed by atoms with E-state index in [0.29, 0.717) is 16.9 Å². The summed E-state index contributed by atoms with van der Waals surface area (Å²) in [7, 11) is 1.52. The van der Waals surface area contributed by atoms with Crippen LogP contribution >= 0.6 is 0 Å². The van der Waals surface area contributed by atoms with Gasteiger partial charge in [-0.25, -0.2) is 13.2 Å². The lowest BCUT2D eigenvalue weighted by Gasteiger charge is -2.17. The van der Waals surface area contributed by atoms with Crippen LogP contribution in [0.2, 0.25) is 0 Å². The summed E-state index contributed by atoms with van der Waals surface area (Å²) in [6.45, 7) is 3.45. The summed E-state index contributed by atoms with van der Waals surface area (Å²) in [5.74, 6) is 0.386. The highest BCUT2D eigenvalue weighted by Gasteiger charge is 2.24. The van der Waals surface area contributed by atoms with Gasteiger partial charge < -0.3 is 18.9 Å². The van der Waals surface area contributed by atoms with Gasteiger partial charge in [-0.2, -0.15) is 0 Å². The Labute approximate surface area is 164 Å². The number of sulfonamides is 1. The van der Waals surface area contributed by atoms with E-state index in [-0.39, 0.29) is 27.6 Å². The van der Waals surface area contributed by atoms with E-state index in [4.69, 9.17) is 18.9 Å². The highest BCUT2D eigenvalue weighted by atomic mass is 32.2. The maximum atomic E-state index is 13.0. The second kappa shape index (κ2) is 8.39. The fraction of sp³-hybridized carbons (Fsp3) is 0.316. The van der Waals surface area contributed by atoms with Crippen molar-refractivity contribution in [3.8, 4) is 17.2 Å². The number of hydrogen-bond acceptors (Lipinski definition) is 7. The van der Waals surface area contributed by atoms with Crippen molar-refractivity contribution < 1.29 is 32.2 Å². The minimum atomic E-state index is -4.01. The molecule has 9 heteroatoms. The average molecular weight is 409 g/mol. The Kier molecular flexibility index (Phi) is 6.40. The van der Waals surface area contributed by atoms with E-state index in [1.54, 1.807) is 19.9 Å². The third-order valence-corrected chi connectivity index (χ3v) is 5.88. The molecule has 0 saturated carbocycles. The van der Waals surface area contributed by atoms with Crippen molar-refractivity contribution >= 4 is 21.7 Å². The number of esters is 1. The van der Waals surface area contributed by atoms with Gasteiger partial charge in [0.15, 0.2) is 11.5 Å². The lowest BCUT2D eigenvalue weighted by Crippen LogP contribution is -2.18. The zero-order valence-electron chi connectivity index (χ0n) is 16.6. The van der Waals surface area contributed by atoms with E-state index in [1.807, 2.05) is 0 Å². The first-order chi connectivity index (χ1) is 13.2. The van der Waals surface area contributed by atoms with Gasteiger partial charge in [0, 0.05) is 12.1 Å². The standard InChI is InChI=1S/C19H23NO7S/c1-11-12(2)18(8-7-15(11)24-3)28(22,23)20-14-10-17(26-5)16(25-4)9-13(14)19(21)27-6/h7-10,20H,1-6H3. The molecule has 2 rings (SSSR count). The summed E-state index contributed by atoms with van der Waals surface area (Å²) >= 11 is 0. The van der Waals surface area contributed by atoms with Crippen molar-refractivity contribution in [2.24, 2.45) is 0 Å². The molecule has 0 amide bonds. The minimum Gasteiger partial charge on any atom is -0.496 e. The van der Waals surface area contributed by atoms with Gasteiger partial charge in [-0.3, -0.25) is 4.72 Å². The van der Waals surface area contributed by atoms with Gasteiger partial charge in [0.2, 0.25) is 0 Å². The molecule has 0 aliphatic rings. The molecular weight excluding hydrogens is 386 g/mol. The fourth-order valence-electron chi connectivity index (χ4n) is 2.73. The number of nitrogens with one attached hydrogen (secondary N) is 1. The summed E-state index contributed by atoms with van der Waals surface area (Å²) in [4.78, 5) is 12.2. The largest absolute Gasteiger partial charge is 0.496 e. The first-order valence-electron chi connectivity index (χ1n) is 8.21. The molecule has 28 heavy (non-hydrogen) atoms. The van der Waals surface area contributed by atoms with Gasteiger partial charge in [-0.1, -0.05) is 0 Å². The molecule has 152 valence electrons. The predicted octanol–water partition coefficient (Wildman–Crippen LogP) is 2.92. The van der Waals surface area contributed by atoms with Crippen LogP contribution in [0.1, 0.15) is 21.5 Å². The highest BCUT2D eigenvalue weighted by molar-refractivity contribution is 7.92. The molecule has 2 aromatic carbocycles. The molecule has 0 fully saturated rings. The number of hydrogen-bond donors (Lipinski definition) is 1. The van der Waals surface area contributed by atoms with Gasteiger partial charge in [0.05, 0.1) is 44.6 Å². The van der Waals surface area contributed by atoms with Crippen LogP contribution in [0.5, 0.6) is 17.2 Å². The van der Waals surface area contributed by atoms with E-state index < -0.39 is 16.0 Å². The first kappa shape index (κ1) is 21.4. The van der Waals surface area contributed by atoms with Crippen molar-refractivity contribution in [1.29, 1.82) is 0 Å². The Morgan fingerprint density at radius 3 is 1.96 bits per heavy atom. The third kappa shape index (κ3) is 3.99. The van der Waals surface area contributed by atoms with E-state index in [9.17, 15) is 13.2 Å². The topological polar surface area (TPSA) is 100 Å². The Morgan fingerprint density at radius 2 is 1.43 bits per heavy atom. The van der Waals surface area contributed by atoms with Crippen molar-refractivity contribution in [3.05, 3.63) is 41.0 Å². The van der Waals surface area contributed by atoms with Gasteiger partial charge in [-0.05, 0) is 37.1 Å². The van der Waals surface area contributed by atoms with Gasteiger partial charge in [-0.15, -0.1) is 0 Å². The van der Waals surface area contributed by atoms with Crippen LogP contribution < -0.4 is 18.9 Å². The molecule has 0 atom stereocenters. The van der Waals surface area contributed by atoms with Crippen LogP contribution in [0, 0.1) is 13.8 Å². The van der Waals surface area contributed by atoms with Crippen LogP contribution in [0.15, 0.2) is 29.2 Å². The number of rotatable bonds is 7. The monoisotopic (exact) mass is 409 g/mol. The maximum Gasteiger partial charge on any atom is 0.340 e. The maximum absolute atomic E-state index is 13.0. The Balaban J connectivity index is 2.60. The van der Waals surface area contributed by atoms with Crippen LogP contribution in [-0.2, 0) is 14.8 Å². The molecule has 0 aliphatic carbocycles. The highest BCUT2D eigenvalue weighted by Crippen LogP contribution is 2.35. The quantitative estimate of drug-likeness (QED) is 0.702. The summed E-state index contributed by atoms with van der Waals surface area (Å²) in [6, 6.07) is 5.75. The van der Waals surface area contributed by atoms with Crippen LogP contribution in [0.3, 0.4) is 0 Å². The number of carbonyl (C=O) groups excluding carboxylic acids is 1. The molecule has 1 N–H and O–H groups in total. The van der Waals surface area contributed by atoms with Crippen molar-refractivity contribution in [1.82, 2.24) is 0 Å². The van der Waals surface area contributed by atoms with E-state index >= 15 is 0 Å². The van der Waals surface area contributed by atoms with Crippen LogP contribution in [0.4, 0.5) is 5.69 Å². The summed E-state index contributed by atoms with van der Waals surface area (Å²) in [5, 5.41) is 0. The molecule has 0 unspecified atom stereocenters. The molecule has 2 aromatic rings. The molecule has 0 radical (unpaired) electrons. The second-order valence-electron chi connectivity index (χ2n) is 5.87. The smallest absolute Gasteiger partial charge is 0.340 e. The zero-order chi connectivity index (χ0) is 21.1. The Morgan fingerprint density at radius 1 is 0.857 bits per heavy atom. The zero-order valence-corrected chi connectivity index (χ0v) is 17.4. The number of benzene rings is 2. The van der Waals surface area contributed by atoms with Crippen molar-refractivity contribution in [2.45, 2.75) is 18.7 Å². The number of anilines is 1. The van der Waals surface area contributed by atoms with E-state index in [1.165, 1.54) is 46.6 Å². The number of methoxy groups -OCH3 is 4. The summed E-state index contributed by atoms with van der Waals surface area (Å²) in [6.07, 6.45) is 0. The fourth-order valence-corrected chi connectivity index (χ4v) is 4.10. The Bertz CT molecular complexity index is 1000. The van der Waals surface area contributed by atoms with Gasteiger partial charge >= 0.3 is 5.97 Å². The lowest BCUT2D eigenvalue weighted by atomic mass is 10.1. The first-order valence-corrected chi connectivity index (χ1v) is 9.69. The average Bonchev–Trinajstić information content (AvgIpc) is 2.68. The van der Waals surface area contributed by atoms with E-state index in [2.05, 4.69) is 4.72 Å². The SMILES string of the molecule is COC(=O)c1cc(OC)c(OC)cc1NS(=O)(=O)c1ccc(OC)c(C)c1C. The molecule has 0 aromatic heterocycles. The molecule has 8 nitrogen and oxygen atoms in total. The number of carbonyl (C=O) groups is 1. The molecule has 0 spiro atoms. The molecule has 0 saturated heterocycles. The molecule has 0 heterocycles. The number of ether oxygens (including phenoxy) is 4. The summed E-state index contributed by atoms with van der Waals surface area (Å²) in [5.41, 5.74) is 1.24. The lowest BCUT2D eigenvalue weighted by molar-refractivity contribution is 0.0601.